The summed E-state index contributed by atoms with van der Waals surface area (Å²) in [6.07, 6.45) is 0.326. The van der Waals surface area contributed by atoms with Crippen LogP contribution in [0.15, 0.2) is 61.6 Å². The van der Waals surface area contributed by atoms with E-state index in [-0.39, 0.29) is 5.92 Å². The SMILES string of the molecule is C=C(c1ccc(C2(O)COC2)cc1)N1CCC(c2cc(-n3cnc(C)c3)cc(C(F)(F)F)c2)CC1. The monoisotopic (exact) mass is 483 g/mol. The summed E-state index contributed by atoms with van der Waals surface area (Å²) in [6.45, 7) is 8.09. The highest BCUT2D eigenvalue weighted by Gasteiger charge is 2.38. The van der Waals surface area contributed by atoms with E-state index < -0.39 is 17.3 Å². The summed E-state index contributed by atoms with van der Waals surface area (Å²) >= 11 is 0. The van der Waals surface area contributed by atoms with Gasteiger partial charge in [0.1, 0.15) is 5.60 Å². The van der Waals surface area contributed by atoms with Crippen LogP contribution >= 0.6 is 0 Å². The van der Waals surface area contributed by atoms with Crippen LogP contribution in [0.5, 0.6) is 0 Å². The van der Waals surface area contributed by atoms with Gasteiger partial charge in [-0.05, 0) is 60.6 Å². The van der Waals surface area contributed by atoms with Gasteiger partial charge in [0, 0.05) is 30.7 Å². The molecule has 0 saturated carbocycles. The zero-order valence-corrected chi connectivity index (χ0v) is 19.6. The Morgan fingerprint density at radius 3 is 2.34 bits per heavy atom. The standard InChI is InChI=1S/C27H28F3N3O2/c1-18-14-33(17-31-18)25-12-22(11-24(13-25)27(28,29)30)21-7-9-32(10-8-21)19(2)20-3-5-23(6-4-20)26(34)15-35-16-26/h3-6,11-14,17,21,34H,2,7-10,15-16H2,1H3. The second-order valence-corrected chi connectivity index (χ2v) is 9.54. The van der Waals surface area contributed by atoms with Gasteiger partial charge >= 0.3 is 6.18 Å². The van der Waals surface area contributed by atoms with E-state index in [0.29, 0.717) is 37.6 Å². The van der Waals surface area contributed by atoms with Crippen molar-refractivity contribution in [2.75, 3.05) is 26.3 Å². The average molecular weight is 484 g/mol. The number of hydrogen-bond donors (Lipinski definition) is 1. The fraction of sp³-hybridized carbons (Fsp3) is 0.370. The molecule has 2 aliphatic rings. The van der Waals surface area contributed by atoms with Crippen molar-refractivity contribution in [1.82, 2.24) is 14.5 Å². The molecule has 0 atom stereocenters. The number of imidazole rings is 1. The van der Waals surface area contributed by atoms with Gasteiger partial charge in [-0.25, -0.2) is 4.98 Å². The molecule has 0 aliphatic carbocycles. The fourth-order valence-corrected chi connectivity index (χ4v) is 4.85. The second kappa shape index (κ2) is 8.84. The number of nitrogens with zero attached hydrogens (tertiary/aromatic N) is 3. The van der Waals surface area contributed by atoms with Crippen molar-refractivity contribution in [2.24, 2.45) is 0 Å². The lowest BCUT2D eigenvalue weighted by atomic mass is 9.87. The minimum atomic E-state index is -4.42. The molecular weight excluding hydrogens is 455 g/mol. The van der Waals surface area contributed by atoms with Crippen LogP contribution in [0.3, 0.4) is 0 Å². The molecule has 5 nitrogen and oxygen atoms in total. The third-order valence-corrected chi connectivity index (χ3v) is 7.06. The van der Waals surface area contributed by atoms with Crippen molar-refractivity contribution in [3.05, 3.63) is 89.5 Å². The zero-order valence-electron chi connectivity index (χ0n) is 19.6. The Hall–Kier alpha value is -3.10. The maximum atomic E-state index is 13.7. The number of benzene rings is 2. The molecule has 2 saturated heterocycles. The molecule has 8 heteroatoms. The first-order valence-electron chi connectivity index (χ1n) is 11.7. The number of aliphatic hydroxyl groups is 1. The number of halogens is 3. The molecule has 0 amide bonds. The summed E-state index contributed by atoms with van der Waals surface area (Å²) in [5.41, 5.74) is 3.05. The van der Waals surface area contributed by atoms with E-state index in [2.05, 4.69) is 16.5 Å². The van der Waals surface area contributed by atoms with Crippen molar-refractivity contribution >= 4 is 5.70 Å². The highest BCUT2D eigenvalue weighted by molar-refractivity contribution is 5.62. The van der Waals surface area contributed by atoms with Crippen LogP contribution in [-0.4, -0.2) is 45.9 Å². The van der Waals surface area contributed by atoms with Gasteiger partial charge in [0.15, 0.2) is 0 Å². The molecule has 5 rings (SSSR count). The number of piperidine rings is 1. The number of hydrogen-bond acceptors (Lipinski definition) is 4. The van der Waals surface area contributed by atoms with Gasteiger partial charge in [-0.3, -0.25) is 0 Å². The van der Waals surface area contributed by atoms with Crippen LogP contribution in [0.1, 0.15) is 46.7 Å². The molecule has 0 bridgehead atoms. The molecule has 184 valence electrons. The van der Waals surface area contributed by atoms with E-state index in [1.54, 1.807) is 17.1 Å². The lowest BCUT2D eigenvalue weighted by Crippen LogP contribution is -2.46. The van der Waals surface area contributed by atoms with Crippen molar-refractivity contribution < 1.29 is 23.0 Å². The minimum absolute atomic E-state index is 0.0277. The third-order valence-electron chi connectivity index (χ3n) is 7.06. The quantitative estimate of drug-likeness (QED) is 0.537. The van der Waals surface area contributed by atoms with E-state index in [1.807, 2.05) is 37.3 Å². The Bertz CT molecular complexity index is 1220. The molecule has 2 aromatic carbocycles. The first kappa shape index (κ1) is 23.6. The van der Waals surface area contributed by atoms with Crippen LogP contribution in [0.25, 0.3) is 11.4 Å². The number of aromatic nitrogens is 2. The first-order valence-corrected chi connectivity index (χ1v) is 11.7. The number of ether oxygens (including phenoxy) is 1. The third kappa shape index (κ3) is 4.73. The molecule has 3 heterocycles. The smallest absolute Gasteiger partial charge is 0.380 e. The fourth-order valence-electron chi connectivity index (χ4n) is 4.85. The summed E-state index contributed by atoms with van der Waals surface area (Å²) in [7, 11) is 0. The predicted molar refractivity (Wildman–Crippen MR) is 127 cm³/mol. The molecule has 2 aliphatic heterocycles. The van der Waals surface area contributed by atoms with Gasteiger partial charge in [0.25, 0.3) is 0 Å². The Kier molecular flexibility index (Phi) is 5.97. The van der Waals surface area contributed by atoms with Crippen LogP contribution in [0, 0.1) is 6.92 Å². The second-order valence-electron chi connectivity index (χ2n) is 9.54. The summed E-state index contributed by atoms with van der Waals surface area (Å²) in [5, 5.41) is 10.4. The minimum Gasteiger partial charge on any atom is -0.380 e. The van der Waals surface area contributed by atoms with Crippen molar-refractivity contribution in [3.63, 3.8) is 0 Å². The molecule has 0 unspecified atom stereocenters. The van der Waals surface area contributed by atoms with Crippen LogP contribution in [-0.2, 0) is 16.5 Å². The molecule has 35 heavy (non-hydrogen) atoms. The van der Waals surface area contributed by atoms with Crippen LogP contribution in [0.2, 0.25) is 0 Å². The van der Waals surface area contributed by atoms with Crippen molar-refractivity contribution in [1.29, 1.82) is 0 Å². The molecule has 1 aromatic heterocycles. The lowest BCUT2D eigenvalue weighted by molar-refractivity contribution is -0.184. The number of rotatable bonds is 5. The largest absolute Gasteiger partial charge is 0.416 e. The summed E-state index contributed by atoms with van der Waals surface area (Å²) in [5.74, 6) is 0.0277. The van der Waals surface area contributed by atoms with Gasteiger partial charge in [-0.15, -0.1) is 0 Å². The molecule has 3 aromatic rings. The molecule has 1 N–H and O–H groups in total. The zero-order chi connectivity index (χ0) is 24.8. The highest BCUT2D eigenvalue weighted by atomic mass is 19.4. The molecule has 0 spiro atoms. The molecular formula is C27H28F3N3O2. The van der Waals surface area contributed by atoms with E-state index in [9.17, 15) is 18.3 Å². The summed E-state index contributed by atoms with van der Waals surface area (Å²) in [6, 6.07) is 12.0. The highest BCUT2D eigenvalue weighted by Crippen LogP contribution is 2.37. The average Bonchev–Trinajstić information content (AvgIpc) is 3.28. The van der Waals surface area contributed by atoms with Crippen LogP contribution in [0.4, 0.5) is 13.2 Å². The van der Waals surface area contributed by atoms with Crippen molar-refractivity contribution in [2.45, 2.75) is 37.5 Å². The summed E-state index contributed by atoms with van der Waals surface area (Å²) < 4.78 is 47.7. The van der Waals surface area contributed by atoms with Gasteiger partial charge < -0.3 is 19.3 Å². The predicted octanol–water partition coefficient (Wildman–Crippen LogP) is 5.27. The molecule has 2 fully saturated rings. The number of aryl methyl sites for hydroxylation is 1. The topological polar surface area (TPSA) is 50.5 Å². The summed E-state index contributed by atoms with van der Waals surface area (Å²) in [4.78, 5) is 6.34. The molecule has 0 radical (unpaired) electrons. The van der Waals surface area contributed by atoms with E-state index >= 15 is 0 Å². The van der Waals surface area contributed by atoms with E-state index in [4.69, 9.17) is 4.74 Å². The van der Waals surface area contributed by atoms with E-state index in [1.165, 1.54) is 12.1 Å². The number of alkyl halides is 3. The lowest BCUT2D eigenvalue weighted by Gasteiger charge is -2.37. The van der Waals surface area contributed by atoms with Gasteiger partial charge in [0.05, 0.1) is 30.8 Å². The Labute approximate surface area is 202 Å². The van der Waals surface area contributed by atoms with Crippen molar-refractivity contribution in [3.8, 4) is 5.69 Å². The Balaban J connectivity index is 1.30. The van der Waals surface area contributed by atoms with Crippen LogP contribution < -0.4 is 0 Å². The maximum absolute atomic E-state index is 13.7. The Morgan fingerprint density at radius 1 is 1.11 bits per heavy atom. The first-order chi connectivity index (χ1) is 16.6. The van der Waals surface area contributed by atoms with E-state index in [0.717, 1.165) is 35.4 Å². The van der Waals surface area contributed by atoms with Gasteiger partial charge in [0.2, 0.25) is 0 Å². The maximum Gasteiger partial charge on any atom is 0.416 e. The Morgan fingerprint density at radius 2 is 1.80 bits per heavy atom. The number of likely N-dealkylation sites (tertiary alicyclic amines) is 1. The van der Waals surface area contributed by atoms with Gasteiger partial charge in [-0.2, -0.15) is 13.2 Å². The van der Waals surface area contributed by atoms with Gasteiger partial charge in [-0.1, -0.05) is 30.8 Å². The normalized spacial score (nSPS) is 18.4.